The van der Waals surface area contributed by atoms with Crippen molar-refractivity contribution in [1.29, 1.82) is 0 Å². The van der Waals surface area contributed by atoms with Gasteiger partial charge in [0.15, 0.2) is 0 Å². The van der Waals surface area contributed by atoms with Gasteiger partial charge >= 0.3 is 0 Å². The second-order valence-electron chi connectivity index (χ2n) is 5.96. The van der Waals surface area contributed by atoms with Crippen LogP contribution in [0.5, 0.6) is 0 Å². The molecule has 1 aromatic heterocycles. The fraction of sp³-hybridized carbons (Fsp3) is 0.333. The minimum Gasteiger partial charge on any atom is -0.366 e. The number of hydrogen-bond acceptors (Lipinski definition) is 3. The van der Waals surface area contributed by atoms with E-state index in [1.807, 2.05) is 11.4 Å². The molecule has 0 aliphatic heterocycles. The number of hydrogen-bond donors (Lipinski definition) is 2. The number of amides is 2. The first-order chi connectivity index (χ1) is 11.1. The molecule has 120 valence electrons. The van der Waals surface area contributed by atoms with Gasteiger partial charge in [-0.25, -0.2) is 0 Å². The lowest BCUT2D eigenvalue weighted by molar-refractivity contribution is 0.0923. The second-order valence-corrected chi connectivity index (χ2v) is 6.94. The van der Waals surface area contributed by atoms with Crippen LogP contribution in [0.2, 0.25) is 0 Å². The van der Waals surface area contributed by atoms with Gasteiger partial charge in [0.05, 0.1) is 6.04 Å². The molecule has 4 nitrogen and oxygen atoms in total. The molecule has 0 radical (unpaired) electrons. The first-order valence-electron chi connectivity index (χ1n) is 7.89. The van der Waals surface area contributed by atoms with Crippen LogP contribution in [0.3, 0.4) is 0 Å². The first-order valence-corrected chi connectivity index (χ1v) is 8.77. The average Bonchev–Trinajstić information content (AvgIpc) is 3.26. The van der Waals surface area contributed by atoms with Crippen molar-refractivity contribution >= 4 is 23.2 Å². The van der Waals surface area contributed by atoms with E-state index in [2.05, 4.69) is 11.4 Å². The molecular formula is C18H20N2O2S. The van der Waals surface area contributed by atoms with E-state index in [4.69, 9.17) is 5.73 Å². The van der Waals surface area contributed by atoms with Gasteiger partial charge in [0.25, 0.3) is 5.91 Å². The largest absolute Gasteiger partial charge is 0.366 e. The molecule has 3 N–H and O–H groups in total. The SMILES string of the molecule is NC(=O)c1cccc(C(=O)NC(c2cccs2)C2CCCC2)c1. The van der Waals surface area contributed by atoms with Crippen LogP contribution in [0, 0.1) is 5.92 Å². The van der Waals surface area contributed by atoms with Crippen molar-refractivity contribution in [2.75, 3.05) is 0 Å². The Morgan fingerprint density at radius 3 is 2.52 bits per heavy atom. The van der Waals surface area contributed by atoms with Gasteiger partial charge in [-0.05, 0) is 48.4 Å². The molecule has 1 unspecified atom stereocenters. The molecule has 23 heavy (non-hydrogen) atoms. The van der Waals surface area contributed by atoms with Gasteiger partial charge in [-0.3, -0.25) is 9.59 Å². The van der Waals surface area contributed by atoms with Gasteiger partial charge in [0.2, 0.25) is 5.91 Å². The lowest BCUT2D eigenvalue weighted by atomic mass is 9.96. The Morgan fingerprint density at radius 1 is 1.13 bits per heavy atom. The predicted octanol–water partition coefficient (Wildman–Crippen LogP) is 3.51. The smallest absolute Gasteiger partial charge is 0.251 e. The molecule has 1 fully saturated rings. The van der Waals surface area contributed by atoms with E-state index in [1.54, 1.807) is 35.6 Å². The Kier molecular flexibility index (Phi) is 4.76. The second kappa shape index (κ2) is 6.96. The molecule has 1 aromatic carbocycles. The maximum Gasteiger partial charge on any atom is 0.251 e. The van der Waals surface area contributed by atoms with Gasteiger partial charge in [0, 0.05) is 16.0 Å². The molecule has 2 amide bonds. The third-order valence-corrected chi connectivity index (χ3v) is 5.37. The molecule has 1 atom stereocenters. The molecule has 1 aliphatic rings. The van der Waals surface area contributed by atoms with Crippen molar-refractivity contribution in [3.63, 3.8) is 0 Å². The molecule has 1 aliphatic carbocycles. The highest BCUT2D eigenvalue weighted by molar-refractivity contribution is 7.10. The highest BCUT2D eigenvalue weighted by Crippen LogP contribution is 2.37. The zero-order chi connectivity index (χ0) is 16.2. The summed E-state index contributed by atoms with van der Waals surface area (Å²) < 4.78 is 0. The van der Waals surface area contributed by atoms with Crippen LogP contribution >= 0.6 is 11.3 Å². The summed E-state index contributed by atoms with van der Waals surface area (Å²) in [6, 6.07) is 10.7. The summed E-state index contributed by atoms with van der Waals surface area (Å²) in [5, 5.41) is 5.20. The molecule has 0 bridgehead atoms. The van der Waals surface area contributed by atoms with Gasteiger partial charge in [0.1, 0.15) is 0 Å². The summed E-state index contributed by atoms with van der Waals surface area (Å²) in [5.41, 5.74) is 6.12. The Hall–Kier alpha value is -2.14. The number of carbonyl (C=O) groups excluding carboxylic acids is 2. The van der Waals surface area contributed by atoms with E-state index < -0.39 is 5.91 Å². The monoisotopic (exact) mass is 328 g/mol. The lowest BCUT2D eigenvalue weighted by Gasteiger charge is -2.24. The molecule has 0 spiro atoms. The Labute approximate surface area is 139 Å². The van der Waals surface area contributed by atoms with Crippen molar-refractivity contribution in [2.24, 2.45) is 11.7 Å². The maximum absolute atomic E-state index is 12.6. The first kappa shape index (κ1) is 15.7. The van der Waals surface area contributed by atoms with Gasteiger partial charge in [-0.15, -0.1) is 11.3 Å². The Balaban J connectivity index is 1.80. The summed E-state index contributed by atoms with van der Waals surface area (Å²) in [6.45, 7) is 0. The van der Waals surface area contributed by atoms with Crippen molar-refractivity contribution in [3.8, 4) is 0 Å². The third kappa shape index (κ3) is 3.62. The Morgan fingerprint density at radius 2 is 1.87 bits per heavy atom. The van der Waals surface area contributed by atoms with Gasteiger partial charge in [-0.1, -0.05) is 25.0 Å². The van der Waals surface area contributed by atoms with E-state index >= 15 is 0 Å². The van der Waals surface area contributed by atoms with Crippen molar-refractivity contribution in [1.82, 2.24) is 5.32 Å². The highest BCUT2D eigenvalue weighted by Gasteiger charge is 2.28. The fourth-order valence-corrected chi connectivity index (χ4v) is 4.09. The maximum atomic E-state index is 12.6. The van der Waals surface area contributed by atoms with Crippen LogP contribution in [-0.2, 0) is 0 Å². The van der Waals surface area contributed by atoms with Crippen LogP contribution in [-0.4, -0.2) is 11.8 Å². The number of nitrogens with one attached hydrogen (secondary N) is 1. The topological polar surface area (TPSA) is 72.2 Å². The number of nitrogens with two attached hydrogens (primary N) is 1. The van der Waals surface area contributed by atoms with Crippen LogP contribution in [0.1, 0.15) is 57.3 Å². The number of benzene rings is 1. The van der Waals surface area contributed by atoms with Crippen molar-refractivity contribution in [3.05, 3.63) is 57.8 Å². The van der Waals surface area contributed by atoms with Crippen molar-refractivity contribution in [2.45, 2.75) is 31.7 Å². The number of primary amides is 1. The molecule has 1 saturated carbocycles. The van der Waals surface area contributed by atoms with Crippen LogP contribution < -0.4 is 11.1 Å². The van der Waals surface area contributed by atoms with E-state index in [0.717, 1.165) is 12.8 Å². The summed E-state index contributed by atoms with van der Waals surface area (Å²) in [6.07, 6.45) is 4.73. The lowest BCUT2D eigenvalue weighted by Crippen LogP contribution is -2.32. The number of rotatable bonds is 5. The molecule has 2 aromatic rings. The minimum atomic E-state index is -0.523. The van der Waals surface area contributed by atoms with E-state index in [-0.39, 0.29) is 11.9 Å². The molecule has 1 heterocycles. The molecular weight excluding hydrogens is 308 g/mol. The third-order valence-electron chi connectivity index (χ3n) is 4.42. The molecule has 5 heteroatoms. The minimum absolute atomic E-state index is 0.0437. The zero-order valence-corrected chi connectivity index (χ0v) is 13.6. The van der Waals surface area contributed by atoms with E-state index in [9.17, 15) is 9.59 Å². The van der Waals surface area contributed by atoms with E-state index in [1.165, 1.54) is 17.7 Å². The predicted molar refractivity (Wildman–Crippen MR) is 91.4 cm³/mol. The van der Waals surface area contributed by atoms with E-state index in [0.29, 0.717) is 17.0 Å². The zero-order valence-electron chi connectivity index (χ0n) is 12.8. The normalized spacial score (nSPS) is 16.2. The highest BCUT2D eigenvalue weighted by atomic mass is 32.1. The van der Waals surface area contributed by atoms with Crippen LogP contribution in [0.4, 0.5) is 0 Å². The van der Waals surface area contributed by atoms with Gasteiger partial charge in [-0.2, -0.15) is 0 Å². The Bertz CT molecular complexity index is 691. The summed E-state index contributed by atoms with van der Waals surface area (Å²) in [5.74, 6) is -0.194. The summed E-state index contributed by atoms with van der Waals surface area (Å²) >= 11 is 1.67. The molecule has 0 saturated heterocycles. The number of thiophene rings is 1. The standard InChI is InChI=1S/C18H20N2O2S/c19-17(21)13-7-3-8-14(11-13)18(22)20-16(12-5-1-2-6-12)15-9-4-10-23-15/h3-4,7-12,16H,1-2,5-6H2,(H2,19,21)(H,20,22). The van der Waals surface area contributed by atoms with Crippen LogP contribution in [0.25, 0.3) is 0 Å². The average molecular weight is 328 g/mol. The molecule has 3 rings (SSSR count). The fourth-order valence-electron chi connectivity index (χ4n) is 3.22. The van der Waals surface area contributed by atoms with Crippen molar-refractivity contribution < 1.29 is 9.59 Å². The number of carbonyl (C=O) groups is 2. The summed E-state index contributed by atoms with van der Waals surface area (Å²) in [7, 11) is 0. The van der Waals surface area contributed by atoms with Crippen LogP contribution in [0.15, 0.2) is 41.8 Å². The summed E-state index contributed by atoms with van der Waals surface area (Å²) in [4.78, 5) is 25.1. The quantitative estimate of drug-likeness (QED) is 0.881. The van der Waals surface area contributed by atoms with Gasteiger partial charge < -0.3 is 11.1 Å².